The van der Waals surface area contributed by atoms with Crippen molar-refractivity contribution in [2.45, 2.75) is 25.3 Å². The van der Waals surface area contributed by atoms with E-state index in [9.17, 15) is 4.79 Å². The van der Waals surface area contributed by atoms with Crippen molar-refractivity contribution in [1.29, 1.82) is 0 Å². The fraction of sp³-hybridized carbons (Fsp3) is 0.316. The van der Waals surface area contributed by atoms with Crippen molar-refractivity contribution in [2.24, 2.45) is 5.92 Å². The number of hydrogen-bond donors (Lipinski definition) is 1. The molecule has 118 valence electrons. The molecular formula is C19H20N2OS. The number of fused-ring (bicyclic) bond motifs is 3. The summed E-state index contributed by atoms with van der Waals surface area (Å²) in [6, 6.07) is 11.0. The fourth-order valence-electron chi connectivity index (χ4n) is 3.72. The van der Waals surface area contributed by atoms with E-state index in [1.807, 2.05) is 24.5 Å². The van der Waals surface area contributed by atoms with E-state index in [1.165, 1.54) is 16.1 Å². The molecule has 2 heterocycles. The molecule has 1 aromatic carbocycles. The van der Waals surface area contributed by atoms with Crippen LogP contribution in [0.1, 0.15) is 35.7 Å². The summed E-state index contributed by atoms with van der Waals surface area (Å²) in [5.41, 5.74) is 3.46. The van der Waals surface area contributed by atoms with Crippen LogP contribution in [0.3, 0.4) is 0 Å². The molecule has 4 rings (SSSR count). The van der Waals surface area contributed by atoms with Gasteiger partial charge in [0.2, 0.25) is 5.91 Å². The Balaban J connectivity index is 1.75. The molecule has 0 bridgehead atoms. The Bertz CT molecular complexity index is 766. The van der Waals surface area contributed by atoms with E-state index >= 15 is 0 Å². The van der Waals surface area contributed by atoms with E-state index in [4.69, 9.17) is 0 Å². The highest BCUT2D eigenvalue weighted by Gasteiger charge is 2.38. The van der Waals surface area contributed by atoms with Gasteiger partial charge < -0.3 is 10.2 Å². The second-order valence-corrected chi connectivity index (χ2v) is 7.32. The minimum atomic E-state index is 0.0590. The van der Waals surface area contributed by atoms with Crippen molar-refractivity contribution in [1.82, 2.24) is 0 Å². The number of thiophene rings is 1. The minimum absolute atomic E-state index is 0.0590. The molecule has 0 saturated heterocycles. The molecule has 0 fully saturated rings. The van der Waals surface area contributed by atoms with Gasteiger partial charge in [0, 0.05) is 36.1 Å². The maximum absolute atomic E-state index is 11.6. The maximum Gasteiger partial charge on any atom is 0.223 e. The number of allylic oxidation sites excluding steroid dienone is 2. The Morgan fingerprint density at radius 3 is 2.96 bits per heavy atom. The molecule has 4 heteroatoms. The van der Waals surface area contributed by atoms with Gasteiger partial charge in [0.1, 0.15) is 0 Å². The molecule has 3 nitrogen and oxygen atoms in total. The van der Waals surface area contributed by atoms with Crippen molar-refractivity contribution in [2.75, 3.05) is 17.3 Å². The zero-order valence-corrected chi connectivity index (χ0v) is 14.1. The van der Waals surface area contributed by atoms with E-state index in [0.717, 1.165) is 12.1 Å². The van der Waals surface area contributed by atoms with Crippen molar-refractivity contribution in [3.05, 3.63) is 58.3 Å². The van der Waals surface area contributed by atoms with E-state index in [-0.39, 0.29) is 5.91 Å². The molecule has 0 spiro atoms. The van der Waals surface area contributed by atoms with Gasteiger partial charge in [0.05, 0.1) is 6.04 Å². The first kappa shape index (κ1) is 14.5. The predicted molar refractivity (Wildman–Crippen MR) is 96.2 cm³/mol. The average Bonchev–Trinajstić information content (AvgIpc) is 3.24. The van der Waals surface area contributed by atoms with Crippen molar-refractivity contribution in [3.63, 3.8) is 0 Å². The number of carbonyl (C=O) groups excluding carboxylic acids is 1. The number of benzene rings is 1. The van der Waals surface area contributed by atoms with Crippen LogP contribution in [0.25, 0.3) is 0 Å². The van der Waals surface area contributed by atoms with Gasteiger partial charge in [-0.3, -0.25) is 4.79 Å². The van der Waals surface area contributed by atoms with Crippen LogP contribution in [0, 0.1) is 5.92 Å². The van der Waals surface area contributed by atoms with Gasteiger partial charge in [0.25, 0.3) is 0 Å². The second kappa shape index (κ2) is 5.53. The van der Waals surface area contributed by atoms with Crippen LogP contribution in [-0.2, 0) is 4.79 Å². The zero-order valence-electron chi connectivity index (χ0n) is 13.3. The summed E-state index contributed by atoms with van der Waals surface area (Å²) in [5, 5.41) is 5.88. The highest BCUT2D eigenvalue weighted by molar-refractivity contribution is 7.10. The average molecular weight is 324 g/mol. The molecule has 2 aromatic rings. The molecule has 3 unspecified atom stereocenters. The monoisotopic (exact) mass is 324 g/mol. The highest BCUT2D eigenvalue weighted by atomic mass is 32.1. The molecule has 0 radical (unpaired) electrons. The summed E-state index contributed by atoms with van der Waals surface area (Å²) >= 11 is 1.82. The molecule has 3 atom stereocenters. The molecule has 1 amide bonds. The SMILES string of the molecule is CC(=O)N(C)c1ccc2c(c1)C1C=CCC1C(c1cccs1)N2. The van der Waals surface area contributed by atoms with Gasteiger partial charge in [-0.25, -0.2) is 0 Å². The van der Waals surface area contributed by atoms with Gasteiger partial charge in [-0.2, -0.15) is 0 Å². The first-order valence-corrected chi connectivity index (χ1v) is 8.88. The van der Waals surface area contributed by atoms with E-state index in [0.29, 0.717) is 17.9 Å². The molecule has 2 aliphatic rings. The number of anilines is 2. The zero-order chi connectivity index (χ0) is 16.0. The second-order valence-electron chi connectivity index (χ2n) is 6.34. The molecular weight excluding hydrogens is 304 g/mol. The third-order valence-electron chi connectivity index (χ3n) is 5.06. The van der Waals surface area contributed by atoms with Crippen molar-refractivity contribution in [3.8, 4) is 0 Å². The van der Waals surface area contributed by atoms with Gasteiger partial charge in [0.15, 0.2) is 0 Å². The predicted octanol–water partition coefficient (Wildman–Crippen LogP) is 4.56. The molecule has 1 aliphatic carbocycles. The Labute approximate surface area is 140 Å². The van der Waals surface area contributed by atoms with Crippen LogP contribution in [0.5, 0.6) is 0 Å². The van der Waals surface area contributed by atoms with Gasteiger partial charge in [-0.15, -0.1) is 11.3 Å². The fourth-order valence-corrected chi connectivity index (χ4v) is 4.57. The normalized spacial score (nSPS) is 24.7. The maximum atomic E-state index is 11.6. The quantitative estimate of drug-likeness (QED) is 0.822. The minimum Gasteiger partial charge on any atom is -0.377 e. The lowest BCUT2D eigenvalue weighted by Crippen LogP contribution is -2.29. The molecule has 23 heavy (non-hydrogen) atoms. The highest BCUT2D eigenvalue weighted by Crippen LogP contribution is 2.51. The summed E-state index contributed by atoms with van der Waals surface area (Å²) in [5.74, 6) is 1.04. The van der Waals surface area contributed by atoms with Crippen LogP contribution < -0.4 is 10.2 Å². The van der Waals surface area contributed by atoms with E-state index in [2.05, 4.69) is 47.1 Å². The van der Waals surface area contributed by atoms with E-state index < -0.39 is 0 Å². The van der Waals surface area contributed by atoms with E-state index in [1.54, 1.807) is 11.8 Å². The molecule has 1 N–H and O–H groups in total. The Kier molecular flexibility index (Phi) is 3.49. The topological polar surface area (TPSA) is 32.3 Å². The Morgan fingerprint density at radius 1 is 1.35 bits per heavy atom. The van der Waals surface area contributed by atoms with Crippen LogP contribution >= 0.6 is 11.3 Å². The number of amides is 1. The number of nitrogens with one attached hydrogen (secondary N) is 1. The van der Waals surface area contributed by atoms with Crippen molar-refractivity contribution < 1.29 is 4.79 Å². The first-order chi connectivity index (χ1) is 11.1. The van der Waals surface area contributed by atoms with Gasteiger partial charge in [-0.1, -0.05) is 18.2 Å². The third-order valence-corrected chi connectivity index (χ3v) is 6.01. The lowest BCUT2D eigenvalue weighted by Gasteiger charge is -2.37. The lowest BCUT2D eigenvalue weighted by atomic mass is 9.78. The van der Waals surface area contributed by atoms with Crippen LogP contribution in [-0.4, -0.2) is 13.0 Å². The third kappa shape index (κ3) is 2.38. The first-order valence-electron chi connectivity index (χ1n) is 8.00. The van der Waals surface area contributed by atoms with Crippen LogP contribution in [0.15, 0.2) is 47.9 Å². The summed E-state index contributed by atoms with van der Waals surface area (Å²) in [6.45, 7) is 1.60. The smallest absolute Gasteiger partial charge is 0.223 e. The summed E-state index contributed by atoms with van der Waals surface area (Å²) in [7, 11) is 1.83. The Morgan fingerprint density at radius 2 is 2.22 bits per heavy atom. The lowest BCUT2D eigenvalue weighted by molar-refractivity contribution is -0.116. The number of nitrogens with zero attached hydrogens (tertiary/aromatic N) is 1. The summed E-state index contributed by atoms with van der Waals surface area (Å²) in [6.07, 6.45) is 5.74. The summed E-state index contributed by atoms with van der Waals surface area (Å²) < 4.78 is 0. The van der Waals surface area contributed by atoms with Crippen LogP contribution in [0.4, 0.5) is 11.4 Å². The van der Waals surface area contributed by atoms with Crippen molar-refractivity contribution >= 4 is 28.6 Å². The largest absolute Gasteiger partial charge is 0.377 e. The summed E-state index contributed by atoms with van der Waals surface area (Å²) in [4.78, 5) is 14.8. The molecule has 0 saturated carbocycles. The number of hydrogen-bond acceptors (Lipinski definition) is 3. The Hall–Kier alpha value is -2.07. The standard InChI is InChI=1S/C19H20N2OS/c1-12(22)21(2)13-8-9-17-16(11-13)14-5-3-6-15(14)19(20-17)18-7-4-10-23-18/h3-5,7-11,14-15,19-20H,6H2,1-2H3. The molecule has 1 aromatic heterocycles. The van der Waals surface area contributed by atoms with Gasteiger partial charge >= 0.3 is 0 Å². The van der Waals surface area contributed by atoms with Crippen LogP contribution in [0.2, 0.25) is 0 Å². The number of rotatable bonds is 2. The molecule has 1 aliphatic heterocycles. The number of carbonyl (C=O) groups is 1. The van der Waals surface area contributed by atoms with Gasteiger partial charge in [-0.05, 0) is 47.5 Å².